The molecule has 0 aliphatic heterocycles. The monoisotopic (exact) mass is 374 g/mol. The lowest BCUT2D eigenvalue weighted by atomic mass is 10.1. The number of hydrogen-bond donors (Lipinski definition) is 2. The minimum atomic E-state index is -0.579. The summed E-state index contributed by atoms with van der Waals surface area (Å²) in [5.41, 5.74) is 1.48. The number of hydrogen-bond acceptors (Lipinski definition) is 1. The minimum Gasteiger partial charge on any atom is -0.356 e. The van der Waals surface area contributed by atoms with Crippen molar-refractivity contribution >= 4 is 29.2 Å². The van der Waals surface area contributed by atoms with E-state index in [9.17, 15) is 8.78 Å². The van der Waals surface area contributed by atoms with Crippen LogP contribution in [0.2, 0.25) is 10.2 Å². The maximum atomic E-state index is 13.1. The third-order valence-electron chi connectivity index (χ3n) is 3.50. The first-order chi connectivity index (χ1) is 11.4. The second-order valence-corrected chi connectivity index (χ2v) is 5.98. The van der Waals surface area contributed by atoms with Crippen LogP contribution in [0.15, 0.2) is 29.3 Å². The summed E-state index contributed by atoms with van der Waals surface area (Å²) in [6.07, 6.45) is 0.469. The Morgan fingerprint density at radius 2 is 1.79 bits per heavy atom. The molecule has 2 N–H and O–H groups in total. The molecule has 1 aromatic carbocycles. The van der Waals surface area contributed by atoms with Gasteiger partial charge >= 0.3 is 0 Å². The van der Waals surface area contributed by atoms with E-state index in [-0.39, 0.29) is 0 Å². The molecular formula is C16H18Cl2F2N4. The van der Waals surface area contributed by atoms with E-state index in [1.165, 1.54) is 12.1 Å². The van der Waals surface area contributed by atoms with Crippen molar-refractivity contribution in [3.63, 3.8) is 0 Å². The zero-order valence-corrected chi connectivity index (χ0v) is 14.8. The van der Waals surface area contributed by atoms with E-state index in [2.05, 4.69) is 15.6 Å². The average molecular weight is 375 g/mol. The molecule has 2 aromatic rings. The molecule has 8 heteroatoms. The van der Waals surface area contributed by atoms with Gasteiger partial charge in [-0.15, -0.1) is 0 Å². The second-order valence-electron chi connectivity index (χ2n) is 5.21. The fraction of sp³-hybridized carbons (Fsp3) is 0.312. The lowest BCUT2D eigenvalue weighted by Crippen LogP contribution is -2.38. The van der Waals surface area contributed by atoms with Crippen LogP contribution >= 0.6 is 23.2 Å². The summed E-state index contributed by atoms with van der Waals surface area (Å²) in [6, 6.07) is 5.26. The zero-order valence-electron chi connectivity index (χ0n) is 13.3. The third-order valence-corrected chi connectivity index (χ3v) is 4.35. The first-order valence-corrected chi connectivity index (χ1v) is 8.05. The van der Waals surface area contributed by atoms with Gasteiger partial charge in [0.2, 0.25) is 0 Å². The van der Waals surface area contributed by atoms with Crippen LogP contribution in [0.1, 0.15) is 11.3 Å². The number of guanidine groups is 1. The molecule has 1 aromatic heterocycles. The van der Waals surface area contributed by atoms with Gasteiger partial charge in [-0.2, -0.15) is 0 Å². The Balaban J connectivity index is 1.85. The highest BCUT2D eigenvalue weighted by Gasteiger charge is 2.09. The Morgan fingerprint density at radius 1 is 1.12 bits per heavy atom. The minimum absolute atomic E-state index is 0.469. The molecule has 130 valence electrons. The lowest BCUT2D eigenvalue weighted by Gasteiger charge is -2.12. The molecule has 0 saturated heterocycles. The molecule has 1 heterocycles. The quantitative estimate of drug-likeness (QED) is 0.620. The third kappa shape index (κ3) is 4.85. The molecule has 2 rings (SSSR count). The fourth-order valence-electron chi connectivity index (χ4n) is 2.23. The number of aliphatic imine (C=N–C) groups is 1. The smallest absolute Gasteiger partial charge is 0.191 e. The van der Waals surface area contributed by atoms with Crippen molar-refractivity contribution in [2.24, 2.45) is 12.0 Å². The molecule has 0 saturated carbocycles. The van der Waals surface area contributed by atoms with Gasteiger partial charge in [0.25, 0.3) is 0 Å². The highest BCUT2D eigenvalue weighted by molar-refractivity contribution is 6.41. The number of aromatic nitrogens is 1. The van der Waals surface area contributed by atoms with E-state index in [0.717, 1.165) is 11.8 Å². The molecule has 0 unspecified atom stereocenters. The molecule has 4 nitrogen and oxygen atoms in total. The van der Waals surface area contributed by atoms with Gasteiger partial charge in [0, 0.05) is 32.4 Å². The number of rotatable bonds is 5. The van der Waals surface area contributed by atoms with Crippen LogP contribution in [0.3, 0.4) is 0 Å². The van der Waals surface area contributed by atoms with Gasteiger partial charge in [-0.3, -0.25) is 4.99 Å². The highest BCUT2D eigenvalue weighted by atomic mass is 35.5. The summed E-state index contributed by atoms with van der Waals surface area (Å²) in [5, 5.41) is 7.18. The number of benzene rings is 1. The summed E-state index contributed by atoms with van der Waals surface area (Å²) < 4.78 is 28.1. The van der Waals surface area contributed by atoms with E-state index in [0.29, 0.717) is 41.2 Å². The average Bonchev–Trinajstić information content (AvgIpc) is 2.77. The number of nitrogens with one attached hydrogen (secondary N) is 2. The molecule has 0 aliphatic carbocycles. The second kappa shape index (κ2) is 8.35. The molecule has 0 spiro atoms. The molecule has 0 atom stereocenters. The van der Waals surface area contributed by atoms with E-state index >= 15 is 0 Å². The Bertz CT molecular complexity index is 724. The summed E-state index contributed by atoms with van der Waals surface area (Å²) in [5.74, 6) is -0.588. The standard InChI is InChI=1S/C16H18Cl2F2N4/c1-21-16(23-9-13-8-14(17)15(18)24(13)2)22-4-3-10-5-11(19)7-12(20)6-10/h5-8H,3-4,9H2,1-2H3,(H2,21,22,23). The van der Waals surface area contributed by atoms with Crippen molar-refractivity contribution in [3.8, 4) is 0 Å². The SMILES string of the molecule is CN=C(NCCc1cc(F)cc(F)c1)NCc1cc(Cl)c(Cl)n1C. The molecule has 0 aliphatic rings. The van der Waals surface area contributed by atoms with Gasteiger partial charge in [0.05, 0.1) is 11.6 Å². The number of halogens is 4. The van der Waals surface area contributed by atoms with Crippen molar-refractivity contribution in [1.29, 1.82) is 0 Å². The summed E-state index contributed by atoms with van der Waals surface area (Å²) >= 11 is 12.0. The van der Waals surface area contributed by atoms with Crippen molar-refractivity contribution in [1.82, 2.24) is 15.2 Å². The highest BCUT2D eigenvalue weighted by Crippen LogP contribution is 2.24. The fourth-order valence-corrected chi connectivity index (χ4v) is 2.65. The summed E-state index contributed by atoms with van der Waals surface area (Å²) in [4.78, 5) is 4.10. The van der Waals surface area contributed by atoms with Crippen LogP contribution < -0.4 is 10.6 Å². The maximum absolute atomic E-state index is 13.1. The molecule has 0 fully saturated rings. The Hall–Kier alpha value is -1.79. The largest absolute Gasteiger partial charge is 0.356 e. The van der Waals surface area contributed by atoms with Crippen LogP contribution in [0, 0.1) is 11.6 Å². The van der Waals surface area contributed by atoms with E-state index in [4.69, 9.17) is 23.2 Å². The molecule has 24 heavy (non-hydrogen) atoms. The summed E-state index contributed by atoms with van der Waals surface area (Å²) in [6.45, 7) is 0.967. The van der Waals surface area contributed by atoms with Crippen molar-refractivity contribution in [3.05, 3.63) is 57.3 Å². The van der Waals surface area contributed by atoms with Gasteiger partial charge in [-0.1, -0.05) is 23.2 Å². The van der Waals surface area contributed by atoms with Crippen molar-refractivity contribution in [2.45, 2.75) is 13.0 Å². The molecule has 0 bridgehead atoms. The Morgan fingerprint density at radius 3 is 2.33 bits per heavy atom. The van der Waals surface area contributed by atoms with Crippen molar-refractivity contribution < 1.29 is 8.78 Å². The first-order valence-electron chi connectivity index (χ1n) is 7.29. The Kier molecular flexibility index (Phi) is 6.45. The lowest BCUT2D eigenvalue weighted by molar-refractivity contribution is 0.579. The van der Waals surface area contributed by atoms with Crippen LogP contribution in [-0.4, -0.2) is 24.1 Å². The van der Waals surface area contributed by atoms with Crippen molar-refractivity contribution in [2.75, 3.05) is 13.6 Å². The van der Waals surface area contributed by atoms with Crippen LogP contribution in [-0.2, 0) is 20.0 Å². The van der Waals surface area contributed by atoms with E-state index in [1.807, 2.05) is 7.05 Å². The predicted octanol–water partition coefficient (Wildman–Crippen LogP) is 3.52. The normalized spacial score (nSPS) is 11.7. The molecule has 0 amide bonds. The van der Waals surface area contributed by atoms with Gasteiger partial charge < -0.3 is 15.2 Å². The predicted molar refractivity (Wildman–Crippen MR) is 93.7 cm³/mol. The van der Waals surface area contributed by atoms with Gasteiger partial charge in [0.1, 0.15) is 16.8 Å². The Labute approximate surface area is 149 Å². The van der Waals surface area contributed by atoms with Crippen LogP contribution in [0.25, 0.3) is 0 Å². The topological polar surface area (TPSA) is 41.4 Å². The van der Waals surface area contributed by atoms with E-state index < -0.39 is 11.6 Å². The zero-order chi connectivity index (χ0) is 17.7. The van der Waals surface area contributed by atoms with Crippen LogP contribution in [0.4, 0.5) is 8.78 Å². The summed E-state index contributed by atoms with van der Waals surface area (Å²) in [7, 11) is 3.46. The molecule has 0 radical (unpaired) electrons. The van der Waals surface area contributed by atoms with E-state index in [1.54, 1.807) is 17.7 Å². The van der Waals surface area contributed by atoms with Gasteiger partial charge in [-0.25, -0.2) is 8.78 Å². The maximum Gasteiger partial charge on any atom is 0.191 e. The first kappa shape index (κ1) is 18.5. The number of nitrogens with zero attached hydrogens (tertiary/aromatic N) is 2. The van der Waals surface area contributed by atoms with Gasteiger partial charge in [0.15, 0.2) is 5.96 Å². The van der Waals surface area contributed by atoms with Crippen LogP contribution in [0.5, 0.6) is 0 Å². The van der Waals surface area contributed by atoms with Gasteiger partial charge in [-0.05, 0) is 30.2 Å². The molecular weight excluding hydrogens is 357 g/mol.